The number of aromatic nitrogens is 1. The summed E-state index contributed by atoms with van der Waals surface area (Å²) >= 11 is 0. The van der Waals surface area contributed by atoms with Gasteiger partial charge in [-0.05, 0) is 18.9 Å². The van der Waals surface area contributed by atoms with Gasteiger partial charge in [-0.25, -0.2) is 0 Å². The topological polar surface area (TPSA) is 48.3 Å². The van der Waals surface area contributed by atoms with E-state index in [4.69, 9.17) is 11.2 Å². The minimum Gasteiger partial charge on any atom is -0.461 e. The predicted octanol–water partition coefficient (Wildman–Crippen LogP) is 3.05. The number of nitrogens with zero attached hydrogens (tertiary/aromatic N) is 1. The highest BCUT2D eigenvalue weighted by Crippen LogP contribution is 2.42. The van der Waals surface area contributed by atoms with Crippen LogP contribution in [0.2, 0.25) is 0 Å². The van der Waals surface area contributed by atoms with E-state index in [9.17, 15) is 9.59 Å². The number of fused-ring (bicyclic) bond motifs is 3. The van der Waals surface area contributed by atoms with Crippen LogP contribution < -0.4 is 0 Å². The number of ether oxygens (including phenoxy) is 1. The fourth-order valence-electron chi connectivity index (χ4n) is 3.56. The van der Waals surface area contributed by atoms with Gasteiger partial charge in [-0.15, -0.1) is 12.3 Å². The van der Waals surface area contributed by atoms with Crippen LogP contribution in [0.15, 0.2) is 36.9 Å². The molecule has 0 bridgehead atoms. The molecule has 0 amide bonds. The fourth-order valence-corrected chi connectivity index (χ4v) is 3.56. The van der Waals surface area contributed by atoms with Crippen LogP contribution in [-0.4, -0.2) is 22.9 Å². The molecule has 122 valence electrons. The molecule has 1 aromatic heterocycles. The van der Waals surface area contributed by atoms with Crippen molar-refractivity contribution in [3.8, 4) is 12.3 Å². The molecule has 1 aromatic carbocycles. The molecule has 0 saturated carbocycles. The van der Waals surface area contributed by atoms with Crippen molar-refractivity contribution in [3.63, 3.8) is 0 Å². The highest BCUT2D eigenvalue weighted by atomic mass is 16.5. The van der Waals surface area contributed by atoms with Crippen molar-refractivity contribution in [1.29, 1.82) is 0 Å². The number of carbonyl (C=O) groups excluding carboxylic acids is 2. The van der Waals surface area contributed by atoms with E-state index < -0.39 is 11.4 Å². The normalized spacial score (nSPS) is 19.6. The van der Waals surface area contributed by atoms with Crippen LogP contribution in [0.25, 0.3) is 10.9 Å². The van der Waals surface area contributed by atoms with Gasteiger partial charge in [0.15, 0.2) is 5.78 Å². The van der Waals surface area contributed by atoms with Crippen molar-refractivity contribution in [3.05, 3.63) is 48.2 Å². The number of hydrogen-bond donors (Lipinski definition) is 0. The lowest BCUT2D eigenvalue weighted by Gasteiger charge is -2.32. The van der Waals surface area contributed by atoms with Crippen molar-refractivity contribution in [1.82, 2.24) is 4.57 Å². The largest absolute Gasteiger partial charge is 0.461 e. The molecule has 24 heavy (non-hydrogen) atoms. The molecule has 0 saturated heterocycles. The summed E-state index contributed by atoms with van der Waals surface area (Å²) in [5, 5.41) is 0.859. The monoisotopic (exact) mass is 321 g/mol. The number of aryl methyl sites for hydroxylation is 1. The van der Waals surface area contributed by atoms with Gasteiger partial charge < -0.3 is 9.30 Å². The quantitative estimate of drug-likeness (QED) is 0.376. The number of terminal acetylenes is 1. The lowest BCUT2D eigenvalue weighted by molar-refractivity contribution is -0.151. The van der Waals surface area contributed by atoms with Crippen LogP contribution >= 0.6 is 0 Å². The first-order valence-corrected chi connectivity index (χ1v) is 7.89. The molecule has 0 spiro atoms. The summed E-state index contributed by atoms with van der Waals surface area (Å²) in [5.74, 6) is 1.72. The molecule has 1 unspecified atom stereocenters. The van der Waals surface area contributed by atoms with E-state index in [-0.39, 0.29) is 18.8 Å². The lowest BCUT2D eigenvalue weighted by atomic mass is 9.69. The maximum Gasteiger partial charge on any atom is 0.321 e. The number of rotatable bonds is 4. The second kappa shape index (κ2) is 6.01. The summed E-state index contributed by atoms with van der Waals surface area (Å²) in [6.45, 7) is 3.61. The molecule has 0 fully saturated rings. The highest BCUT2D eigenvalue weighted by molar-refractivity contribution is 6.20. The minimum atomic E-state index is -1.30. The van der Waals surface area contributed by atoms with Gasteiger partial charge in [0.25, 0.3) is 0 Å². The van der Waals surface area contributed by atoms with E-state index in [2.05, 4.69) is 12.5 Å². The van der Waals surface area contributed by atoms with E-state index in [0.29, 0.717) is 18.4 Å². The van der Waals surface area contributed by atoms with Gasteiger partial charge in [0.05, 0.1) is 0 Å². The third kappa shape index (κ3) is 2.16. The van der Waals surface area contributed by atoms with Crippen LogP contribution in [-0.2, 0) is 23.0 Å². The Morgan fingerprint density at radius 1 is 1.50 bits per heavy atom. The molecule has 0 aliphatic heterocycles. The summed E-state index contributed by atoms with van der Waals surface area (Å²) in [5.41, 5.74) is 1.23. The van der Waals surface area contributed by atoms with Gasteiger partial charge >= 0.3 is 5.97 Å². The van der Waals surface area contributed by atoms with E-state index >= 15 is 0 Å². The van der Waals surface area contributed by atoms with Crippen molar-refractivity contribution < 1.29 is 14.3 Å². The van der Waals surface area contributed by atoms with Crippen molar-refractivity contribution in [2.75, 3.05) is 6.61 Å². The zero-order valence-corrected chi connectivity index (χ0v) is 13.7. The first-order chi connectivity index (χ1) is 11.6. The Bertz CT molecular complexity index is 884. The van der Waals surface area contributed by atoms with E-state index in [1.165, 1.54) is 6.08 Å². The van der Waals surface area contributed by atoms with Crippen LogP contribution in [0.5, 0.6) is 0 Å². The van der Waals surface area contributed by atoms with Crippen molar-refractivity contribution in [2.45, 2.75) is 19.3 Å². The van der Waals surface area contributed by atoms with E-state index in [1.54, 1.807) is 0 Å². The minimum absolute atomic E-state index is 0.0461. The maximum absolute atomic E-state index is 13.3. The molecule has 1 heterocycles. The number of carbonyl (C=O) groups is 2. The van der Waals surface area contributed by atoms with Crippen LogP contribution in [0, 0.1) is 17.8 Å². The first kappa shape index (κ1) is 16.1. The molecular weight excluding hydrogens is 302 g/mol. The van der Waals surface area contributed by atoms with Gasteiger partial charge in [0, 0.05) is 35.6 Å². The molecule has 1 aliphatic carbocycles. The Kier molecular flexibility index (Phi) is 4.02. The van der Waals surface area contributed by atoms with Gasteiger partial charge in [0.2, 0.25) is 0 Å². The zero-order valence-electron chi connectivity index (χ0n) is 13.7. The van der Waals surface area contributed by atoms with Gasteiger partial charge in [-0.2, -0.15) is 0 Å². The van der Waals surface area contributed by atoms with Crippen molar-refractivity contribution >= 4 is 22.7 Å². The summed E-state index contributed by atoms with van der Waals surface area (Å²) < 4.78 is 7.24. The van der Waals surface area contributed by atoms with E-state index in [0.717, 1.165) is 16.6 Å². The number of benzene rings is 1. The second-order valence-corrected chi connectivity index (χ2v) is 6.08. The fraction of sp³-hybridized carbons (Fsp3) is 0.300. The van der Waals surface area contributed by atoms with Crippen LogP contribution in [0.1, 0.15) is 28.9 Å². The number of esters is 1. The van der Waals surface area contributed by atoms with Crippen LogP contribution in [0.4, 0.5) is 0 Å². The third-order valence-corrected chi connectivity index (χ3v) is 4.81. The lowest BCUT2D eigenvalue weighted by Crippen LogP contribution is -2.44. The Morgan fingerprint density at radius 2 is 2.25 bits per heavy atom. The summed E-state index contributed by atoms with van der Waals surface area (Å²) in [6.07, 6.45) is 7.98. The Labute approximate surface area is 141 Å². The molecule has 3 rings (SSSR count). The summed E-state index contributed by atoms with van der Waals surface area (Å²) in [4.78, 5) is 26.0. The zero-order chi connectivity index (χ0) is 17.3. The first-order valence-electron chi connectivity index (χ1n) is 7.89. The standard InChI is InChI=1S/C20H19NO3/c1-4-11-20(19(23)24-13-5-2)12-10-16-17(18(20)22)14-8-6-7-9-15(14)21(16)3/h1,5-9H,2,10-13H2,3H3. The molecule has 4 nitrogen and oxygen atoms in total. The third-order valence-electron chi connectivity index (χ3n) is 4.81. The average Bonchev–Trinajstić information content (AvgIpc) is 2.89. The number of Topliss-reactive ketones (excluding diaryl/α,β-unsaturated/α-hetero) is 1. The molecule has 1 aliphatic rings. The van der Waals surface area contributed by atoms with Crippen molar-refractivity contribution in [2.24, 2.45) is 12.5 Å². The highest BCUT2D eigenvalue weighted by Gasteiger charge is 2.51. The second-order valence-electron chi connectivity index (χ2n) is 6.08. The molecular formula is C20H19NO3. The number of para-hydroxylation sites is 1. The maximum atomic E-state index is 13.3. The average molecular weight is 321 g/mol. The molecule has 0 radical (unpaired) electrons. The predicted molar refractivity (Wildman–Crippen MR) is 92.6 cm³/mol. The molecule has 1 atom stereocenters. The van der Waals surface area contributed by atoms with Gasteiger partial charge in [0.1, 0.15) is 12.0 Å². The van der Waals surface area contributed by atoms with E-state index in [1.807, 2.05) is 35.9 Å². The summed E-state index contributed by atoms with van der Waals surface area (Å²) in [7, 11) is 1.94. The Morgan fingerprint density at radius 3 is 2.96 bits per heavy atom. The summed E-state index contributed by atoms with van der Waals surface area (Å²) in [6, 6.07) is 7.71. The van der Waals surface area contributed by atoms with Gasteiger partial charge in [-0.1, -0.05) is 30.9 Å². The Hall–Kier alpha value is -2.80. The molecule has 4 heteroatoms. The number of hydrogen-bond acceptors (Lipinski definition) is 3. The van der Waals surface area contributed by atoms with Crippen LogP contribution in [0.3, 0.4) is 0 Å². The smallest absolute Gasteiger partial charge is 0.321 e. The van der Waals surface area contributed by atoms with Gasteiger partial charge in [-0.3, -0.25) is 9.59 Å². The molecule has 0 N–H and O–H groups in total. The SMILES string of the molecule is C#CCC1(C(=O)OCC=C)CCc2c(c3ccccc3n2C)C1=O. The number of ketones is 1. The molecule has 2 aromatic rings. The Balaban J connectivity index is 2.16.